The van der Waals surface area contributed by atoms with Gasteiger partial charge in [-0.05, 0) is 41.0 Å². The maximum Gasteiger partial charge on any atom is 0.305 e. The van der Waals surface area contributed by atoms with E-state index in [1.165, 1.54) is 0 Å². The van der Waals surface area contributed by atoms with Crippen LogP contribution in [0.15, 0.2) is 72.8 Å². The molecule has 0 aliphatic rings. The smallest absolute Gasteiger partial charge is 0.305 e. The minimum absolute atomic E-state index is 0.119. The fourth-order valence-corrected chi connectivity index (χ4v) is 3.17. The Morgan fingerprint density at radius 1 is 1.00 bits per heavy atom. The van der Waals surface area contributed by atoms with E-state index < -0.39 is 11.9 Å². The van der Waals surface area contributed by atoms with Crippen molar-refractivity contribution < 1.29 is 29.2 Å². The van der Waals surface area contributed by atoms with Crippen molar-refractivity contribution in [1.82, 2.24) is 0 Å². The molecule has 3 rings (SSSR count). The van der Waals surface area contributed by atoms with Crippen LogP contribution in [-0.2, 0) is 11.4 Å². The lowest BCUT2D eigenvalue weighted by Crippen LogP contribution is -2.12. The summed E-state index contributed by atoms with van der Waals surface area (Å²) in [5, 5.41) is 33.2. The highest BCUT2D eigenvalue weighted by Crippen LogP contribution is 2.29. The summed E-state index contributed by atoms with van der Waals surface area (Å²) in [5.41, 5.74) is 2.67. The zero-order valence-electron chi connectivity index (χ0n) is 19.6. The van der Waals surface area contributed by atoms with Gasteiger partial charge in [-0.25, -0.2) is 0 Å². The van der Waals surface area contributed by atoms with E-state index in [4.69, 9.17) is 35.1 Å². The van der Waals surface area contributed by atoms with E-state index in [9.17, 15) is 4.79 Å². The van der Waals surface area contributed by atoms with Gasteiger partial charge in [-0.2, -0.15) is 5.26 Å². The largest absolute Gasteiger partial charge is 0.493 e. The third-order valence-electron chi connectivity index (χ3n) is 4.94. The average Bonchev–Trinajstić information content (AvgIpc) is 2.91. The molecule has 0 radical (unpaired) electrons. The molecular formula is C27H28N2O6. The molecule has 8 heteroatoms. The molecule has 0 spiro atoms. The zero-order valence-corrected chi connectivity index (χ0v) is 19.6. The second-order valence-electron chi connectivity index (χ2n) is 7.26. The summed E-state index contributed by atoms with van der Waals surface area (Å²) in [6.45, 7) is 0.404. The van der Waals surface area contributed by atoms with Crippen molar-refractivity contribution in [2.75, 3.05) is 20.8 Å². The maximum absolute atomic E-state index is 10.9. The fourth-order valence-electron chi connectivity index (χ4n) is 3.17. The predicted octanol–water partition coefficient (Wildman–Crippen LogP) is 4.41. The quantitative estimate of drug-likeness (QED) is 0.349. The number of ether oxygens (including phenoxy) is 3. The standard InChI is InChI=1S/C26H24N2O5.CH4O/c1-31-25-13-18(7-12-24(25)33-17-23(28)20-5-3-2-4-6-20)16-32-22-10-8-19(9-11-22)21(15-27)14-26(29)30;1-2/h2-13,21,28H,14,16-17H2,1H3,(H,29,30);2H,1H3. The summed E-state index contributed by atoms with van der Waals surface area (Å²) in [6, 6.07) is 23.7. The van der Waals surface area contributed by atoms with Crippen molar-refractivity contribution in [3.05, 3.63) is 89.5 Å². The van der Waals surface area contributed by atoms with E-state index in [0.29, 0.717) is 28.5 Å². The van der Waals surface area contributed by atoms with Crippen molar-refractivity contribution in [2.45, 2.75) is 18.9 Å². The summed E-state index contributed by atoms with van der Waals surface area (Å²) in [4.78, 5) is 10.9. The number of benzene rings is 3. The topological polar surface area (TPSA) is 133 Å². The number of rotatable bonds is 11. The normalized spacial score (nSPS) is 10.7. The molecule has 1 atom stereocenters. The fraction of sp³-hybridized carbons (Fsp3) is 0.222. The van der Waals surface area contributed by atoms with Crippen LogP contribution in [0.3, 0.4) is 0 Å². The van der Waals surface area contributed by atoms with Gasteiger partial charge in [-0.1, -0.05) is 48.5 Å². The van der Waals surface area contributed by atoms with Gasteiger partial charge in [-0.15, -0.1) is 0 Å². The molecule has 3 N–H and O–H groups in total. The molecule has 0 aliphatic heterocycles. The van der Waals surface area contributed by atoms with Gasteiger partial charge in [0.25, 0.3) is 0 Å². The molecule has 3 aromatic carbocycles. The summed E-state index contributed by atoms with van der Waals surface area (Å²) in [7, 11) is 2.55. The van der Waals surface area contributed by atoms with Crippen LogP contribution in [0.4, 0.5) is 0 Å². The van der Waals surface area contributed by atoms with Crippen LogP contribution < -0.4 is 14.2 Å². The van der Waals surface area contributed by atoms with E-state index in [-0.39, 0.29) is 19.6 Å². The molecule has 35 heavy (non-hydrogen) atoms. The first kappa shape index (κ1) is 26.9. The predicted molar refractivity (Wildman–Crippen MR) is 131 cm³/mol. The first-order valence-electron chi connectivity index (χ1n) is 10.7. The molecule has 182 valence electrons. The lowest BCUT2D eigenvalue weighted by atomic mass is 9.97. The van der Waals surface area contributed by atoms with Gasteiger partial charge in [0.2, 0.25) is 0 Å². The highest BCUT2D eigenvalue weighted by Gasteiger charge is 2.15. The maximum atomic E-state index is 10.9. The van der Waals surface area contributed by atoms with E-state index >= 15 is 0 Å². The summed E-state index contributed by atoms with van der Waals surface area (Å²) in [5.74, 6) is -0.0386. The number of nitrogens with zero attached hydrogens (tertiary/aromatic N) is 1. The van der Waals surface area contributed by atoms with Crippen molar-refractivity contribution in [3.63, 3.8) is 0 Å². The van der Waals surface area contributed by atoms with Gasteiger partial charge in [0.05, 0.1) is 31.2 Å². The molecule has 0 saturated heterocycles. The number of hydrogen-bond donors (Lipinski definition) is 3. The van der Waals surface area contributed by atoms with Gasteiger partial charge >= 0.3 is 5.97 Å². The van der Waals surface area contributed by atoms with Crippen LogP contribution in [0.5, 0.6) is 17.2 Å². The molecule has 0 fully saturated rings. The summed E-state index contributed by atoms with van der Waals surface area (Å²) < 4.78 is 17.0. The Bertz CT molecular complexity index is 1140. The molecule has 3 aromatic rings. The van der Waals surface area contributed by atoms with Crippen molar-refractivity contribution in [3.8, 4) is 23.3 Å². The molecule has 8 nitrogen and oxygen atoms in total. The highest BCUT2D eigenvalue weighted by atomic mass is 16.5. The van der Waals surface area contributed by atoms with Crippen LogP contribution >= 0.6 is 0 Å². The van der Waals surface area contributed by atoms with E-state index in [2.05, 4.69) is 0 Å². The van der Waals surface area contributed by atoms with E-state index in [1.54, 1.807) is 37.4 Å². The number of carboxylic acid groups (broad SMARTS) is 1. The Balaban J connectivity index is 0.00000210. The molecule has 0 saturated carbocycles. The van der Waals surface area contributed by atoms with Gasteiger partial charge in [0.1, 0.15) is 19.0 Å². The molecule has 0 amide bonds. The molecular weight excluding hydrogens is 448 g/mol. The van der Waals surface area contributed by atoms with Crippen molar-refractivity contribution >= 4 is 11.7 Å². The number of methoxy groups -OCH3 is 1. The van der Waals surface area contributed by atoms with Gasteiger partial charge < -0.3 is 29.8 Å². The number of carboxylic acids is 1. The Morgan fingerprint density at radius 2 is 1.69 bits per heavy atom. The Labute approximate surface area is 204 Å². The van der Waals surface area contributed by atoms with Crippen molar-refractivity contribution in [2.24, 2.45) is 0 Å². The zero-order chi connectivity index (χ0) is 25.6. The van der Waals surface area contributed by atoms with Crippen LogP contribution in [0.2, 0.25) is 0 Å². The number of hydrogen-bond acceptors (Lipinski definition) is 7. The molecule has 0 aliphatic carbocycles. The molecule has 0 bridgehead atoms. The van der Waals surface area contributed by atoms with Crippen LogP contribution in [0, 0.1) is 16.7 Å². The SMILES string of the molecule is CO.COc1cc(COc2ccc(C(C#N)CC(=O)O)cc2)ccc1OCC(=N)c1ccccc1. The first-order valence-corrected chi connectivity index (χ1v) is 10.7. The Morgan fingerprint density at radius 3 is 2.29 bits per heavy atom. The lowest BCUT2D eigenvalue weighted by Gasteiger charge is -2.14. The Kier molecular flexibility index (Phi) is 10.8. The number of aliphatic carboxylic acids is 1. The number of carbonyl (C=O) groups is 1. The molecule has 1 unspecified atom stereocenters. The van der Waals surface area contributed by atoms with Crippen LogP contribution in [-0.4, -0.2) is 42.7 Å². The number of aliphatic hydroxyl groups excluding tert-OH is 1. The summed E-state index contributed by atoms with van der Waals surface area (Å²) >= 11 is 0. The van der Waals surface area contributed by atoms with Gasteiger partial charge in [-0.3, -0.25) is 4.79 Å². The van der Waals surface area contributed by atoms with Crippen LogP contribution in [0.1, 0.15) is 29.0 Å². The second-order valence-corrected chi connectivity index (χ2v) is 7.26. The van der Waals surface area contributed by atoms with E-state index in [1.807, 2.05) is 48.5 Å². The average molecular weight is 477 g/mol. The second kappa shape index (κ2) is 14.0. The van der Waals surface area contributed by atoms with Crippen LogP contribution in [0.25, 0.3) is 0 Å². The monoisotopic (exact) mass is 476 g/mol. The first-order chi connectivity index (χ1) is 17.0. The summed E-state index contributed by atoms with van der Waals surface area (Å²) in [6.07, 6.45) is -0.240. The Hall–Kier alpha value is -4.35. The minimum atomic E-state index is -1.01. The minimum Gasteiger partial charge on any atom is -0.493 e. The lowest BCUT2D eigenvalue weighted by molar-refractivity contribution is -0.137. The number of nitrogens with one attached hydrogen (secondary N) is 1. The molecule has 0 aromatic heterocycles. The highest BCUT2D eigenvalue weighted by molar-refractivity contribution is 5.99. The third-order valence-corrected chi connectivity index (χ3v) is 4.94. The van der Waals surface area contributed by atoms with Crippen molar-refractivity contribution in [1.29, 1.82) is 10.7 Å². The number of aliphatic hydroxyl groups is 1. The van der Waals surface area contributed by atoms with Gasteiger partial charge in [0.15, 0.2) is 11.5 Å². The van der Waals surface area contributed by atoms with E-state index in [0.717, 1.165) is 18.2 Å². The number of nitriles is 1. The van der Waals surface area contributed by atoms with Gasteiger partial charge in [0, 0.05) is 7.11 Å². The molecule has 0 heterocycles. The third kappa shape index (κ3) is 8.18.